The second-order valence-electron chi connectivity index (χ2n) is 6.43. The Bertz CT molecular complexity index is 481. The molecule has 0 spiro atoms. The van der Waals surface area contributed by atoms with Gasteiger partial charge in [0.2, 0.25) is 0 Å². The quantitative estimate of drug-likeness (QED) is 0.899. The molecule has 2 rings (SSSR count). The van der Waals surface area contributed by atoms with Crippen LogP contribution in [0.4, 0.5) is 0 Å². The molecule has 0 aliphatic carbocycles. The highest BCUT2D eigenvalue weighted by Crippen LogP contribution is 2.30. The summed E-state index contributed by atoms with van der Waals surface area (Å²) in [5, 5.41) is 13.5. The molecule has 3 nitrogen and oxygen atoms in total. The number of thioether (sulfide) groups is 1. The van der Waals surface area contributed by atoms with Crippen LogP contribution in [-0.2, 0) is 10.2 Å². The van der Waals surface area contributed by atoms with Gasteiger partial charge < -0.3 is 10.4 Å². The summed E-state index contributed by atoms with van der Waals surface area (Å²) in [6.45, 7) is 6.24. The molecule has 1 aliphatic rings. The van der Waals surface area contributed by atoms with Crippen LogP contribution in [0.15, 0.2) is 30.3 Å². The van der Waals surface area contributed by atoms with Crippen LogP contribution in [0, 0.1) is 0 Å². The van der Waals surface area contributed by atoms with Crippen molar-refractivity contribution in [1.82, 2.24) is 5.32 Å². The molecule has 1 atom stereocenters. The number of amides is 1. The standard InChI is InChI=1S/C17H25NO2S/c1-13(16(2,3)14-7-5-4-6-8-14)18-15(19)17(20)9-11-21-12-10-17/h4-8,13,20H,9-12H2,1-3H3,(H,18,19). The van der Waals surface area contributed by atoms with Gasteiger partial charge in [-0.3, -0.25) is 4.79 Å². The van der Waals surface area contributed by atoms with Crippen LogP contribution in [-0.4, -0.2) is 34.2 Å². The smallest absolute Gasteiger partial charge is 0.252 e. The first-order chi connectivity index (χ1) is 9.86. The molecule has 21 heavy (non-hydrogen) atoms. The van der Waals surface area contributed by atoms with Gasteiger partial charge in [0, 0.05) is 11.5 Å². The number of carbonyl (C=O) groups is 1. The highest BCUT2D eigenvalue weighted by atomic mass is 32.2. The van der Waals surface area contributed by atoms with Crippen LogP contribution in [0.1, 0.15) is 39.2 Å². The van der Waals surface area contributed by atoms with Crippen molar-refractivity contribution in [3.63, 3.8) is 0 Å². The first-order valence-electron chi connectivity index (χ1n) is 7.53. The van der Waals surface area contributed by atoms with Crippen molar-refractivity contribution < 1.29 is 9.90 Å². The number of hydrogen-bond acceptors (Lipinski definition) is 3. The topological polar surface area (TPSA) is 49.3 Å². The van der Waals surface area contributed by atoms with Crippen molar-refractivity contribution in [3.8, 4) is 0 Å². The predicted molar refractivity (Wildman–Crippen MR) is 88.6 cm³/mol. The Kier molecular flexibility index (Phi) is 4.99. The Morgan fingerprint density at radius 2 is 1.86 bits per heavy atom. The molecule has 0 saturated carbocycles. The molecular weight excluding hydrogens is 282 g/mol. The molecule has 1 saturated heterocycles. The number of hydrogen-bond donors (Lipinski definition) is 2. The number of nitrogens with one attached hydrogen (secondary N) is 1. The second kappa shape index (κ2) is 6.41. The van der Waals surface area contributed by atoms with E-state index in [1.807, 2.05) is 25.1 Å². The van der Waals surface area contributed by atoms with E-state index in [1.54, 1.807) is 11.8 Å². The highest BCUT2D eigenvalue weighted by Gasteiger charge is 2.39. The van der Waals surface area contributed by atoms with Gasteiger partial charge in [0.05, 0.1) is 0 Å². The maximum absolute atomic E-state index is 12.4. The maximum Gasteiger partial charge on any atom is 0.252 e. The van der Waals surface area contributed by atoms with Crippen molar-refractivity contribution in [2.75, 3.05) is 11.5 Å². The van der Waals surface area contributed by atoms with Gasteiger partial charge >= 0.3 is 0 Å². The Labute approximate surface area is 131 Å². The van der Waals surface area contributed by atoms with Crippen LogP contribution >= 0.6 is 11.8 Å². The van der Waals surface area contributed by atoms with E-state index in [9.17, 15) is 9.90 Å². The molecule has 1 heterocycles. The summed E-state index contributed by atoms with van der Waals surface area (Å²) in [4.78, 5) is 12.4. The number of carbonyl (C=O) groups excluding carboxylic acids is 1. The third-order valence-electron chi connectivity index (χ3n) is 4.69. The lowest BCUT2D eigenvalue weighted by atomic mass is 9.78. The van der Waals surface area contributed by atoms with E-state index >= 15 is 0 Å². The molecule has 0 radical (unpaired) electrons. The van der Waals surface area contributed by atoms with Gasteiger partial charge in [-0.05, 0) is 36.8 Å². The first kappa shape index (κ1) is 16.4. The number of aliphatic hydroxyl groups is 1. The lowest BCUT2D eigenvalue weighted by Crippen LogP contribution is -2.55. The number of benzene rings is 1. The zero-order valence-electron chi connectivity index (χ0n) is 13.1. The maximum atomic E-state index is 12.4. The molecule has 0 aromatic heterocycles. The van der Waals surface area contributed by atoms with E-state index in [0.29, 0.717) is 12.8 Å². The monoisotopic (exact) mass is 307 g/mol. The van der Waals surface area contributed by atoms with E-state index in [1.165, 1.54) is 5.56 Å². The molecule has 1 aromatic rings. The highest BCUT2D eigenvalue weighted by molar-refractivity contribution is 7.99. The van der Waals surface area contributed by atoms with Gasteiger partial charge in [0.25, 0.3) is 5.91 Å². The van der Waals surface area contributed by atoms with Crippen LogP contribution in [0.3, 0.4) is 0 Å². The van der Waals surface area contributed by atoms with Crippen molar-refractivity contribution in [2.45, 2.75) is 50.7 Å². The molecule has 2 N–H and O–H groups in total. The minimum atomic E-state index is -1.19. The average molecular weight is 307 g/mol. The minimum Gasteiger partial charge on any atom is -0.380 e. The van der Waals surface area contributed by atoms with Gasteiger partial charge in [-0.1, -0.05) is 44.2 Å². The summed E-state index contributed by atoms with van der Waals surface area (Å²) in [6.07, 6.45) is 1.09. The fourth-order valence-electron chi connectivity index (χ4n) is 2.57. The molecule has 1 fully saturated rings. The van der Waals surface area contributed by atoms with Crippen molar-refractivity contribution in [3.05, 3.63) is 35.9 Å². The summed E-state index contributed by atoms with van der Waals surface area (Å²) in [5.41, 5.74) is -0.188. The summed E-state index contributed by atoms with van der Waals surface area (Å²) in [7, 11) is 0. The minimum absolute atomic E-state index is 0.0500. The van der Waals surface area contributed by atoms with E-state index in [0.717, 1.165) is 11.5 Å². The molecule has 4 heteroatoms. The molecule has 116 valence electrons. The summed E-state index contributed by atoms with van der Waals surface area (Å²) < 4.78 is 0. The average Bonchev–Trinajstić information content (AvgIpc) is 2.48. The van der Waals surface area contributed by atoms with E-state index in [2.05, 4.69) is 31.3 Å². The van der Waals surface area contributed by atoms with E-state index in [-0.39, 0.29) is 17.4 Å². The Morgan fingerprint density at radius 1 is 1.29 bits per heavy atom. The molecule has 0 bridgehead atoms. The van der Waals surface area contributed by atoms with Crippen molar-refractivity contribution in [2.24, 2.45) is 0 Å². The van der Waals surface area contributed by atoms with E-state index in [4.69, 9.17) is 0 Å². The fraction of sp³-hybridized carbons (Fsp3) is 0.588. The van der Waals surface area contributed by atoms with Gasteiger partial charge in [0.15, 0.2) is 0 Å². The predicted octanol–water partition coefficient (Wildman–Crippen LogP) is 2.73. The van der Waals surface area contributed by atoms with Gasteiger partial charge in [-0.2, -0.15) is 11.8 Å². The third-order valence-corrected chi connectivity index (χ3v) is 5.68. The van der Waals surface area contributed by atoms with Crippen LogP contribution in [0.2, 0.25) is 0 Å². The zero-order valence-corrected chi connectivity index (χ0v) is 13.9. The third kappa shape index (κ3) is 3.61. The SMILES string of the molecule is CC(NC(=O)C1(O)CCSCC1)C(C)(C)c1ccccc1. The number of rotatable bonds is 4. The molecular formula is C17H25NO2S. The normalized spacial score (nSPS) is 19.8. The molecule has 1 unspecified atom stereocenters. The molecule has 1 aliphatic heterocycles. The van der Waals surface area contributed by atoms with Gasteiger partial charge in [-0.15, -0.1) is 0 Å². The van der Waals surface area contributed by atoms with Crippen LogP contribution in [0.25, 0.3) is 0 Å². The van der Waals surface area contributed by atoms with Crippen LogP contribution < -0.4 is 5.32 Å². The molecule has 1 amide bonds. The summed E-state index contributed by atoms with van der Waals surface area (Å²) in [6, 6.07) is 10.1. The lowest BCUT2D eigenvalue weighted by Gasteiger charge is -2.37. The second-order valence-corrected chi connectivity index (χ2v) is 7.65. The zero-order chi connectivity index (χ0) is 15.5. The Hall–Kier alpha value is -1.00. The lowest BCUT2D eigenvalue weighted by molar-refractivity contribution is -0.141. The van der Waals surface area contributed by atoms with Crippen LogP contribution in [0.5, 0.6) is 0 Å². The Morgan fingerprint density at radius 3 is 2.43 bits per heavy atom. The van der Waals surface area contributed by atoms with Crippen molar-refractivity contribution >= 4 is 17.7 Å². The summed E-state index contributed by atoms with van der Waals surface area (Å²) >= 11 is 1.80. The first-order valence-corrected chi connectivity index (χ1v) is 8.68. The largest absolute Gasteiger partial charge is 0.380 e. The fourth-order valence-corrected chi connectivity index (χ4v) is 3.73. The molecule has 1 aromatic carbocycles. The Balaban J connectivity index is 2.06. The van der Waals surface area contributed by atoms with E-state index < -0.39 is 5.60 Å². The van der Waals surface area contributed by atoms with Crippen molar-refractivity contribution in [1.29, 1.82) is 0 Å². The summed E-state index contributed by atoms with van der Waals surface area (Å²) in [5.74, 6) is 1.47. The van der Waals surface area contributed by atoms with Gasteiger partial charge in [-0.25, -0.2) is 0 Å². The van der Waals surface area contributed by atoms with Gasteiger partial charge in [0.1, 0.15) is 5.60 Å².